The monoisotopic (exact) mass is 593 g/mol. The lowest BCUT2D eigenvalue weighted by Gasteiger charge is -2.31. The molecule has 5 heterocycles. The molecule has 0 spiro atoms. The minimum absolute atomic E-state index is 0.00879. The van der Waals surface area contributed by atoms with Crippen molar-refractivity contribution in [2.75, 3.05) is 13.2 Å². The van der Waals surface area contributed by atoms with Gasteiger partial charge in [0, 0.05) is 37.6 Å². The second kappa shape index (κ2) is 10.5. The molecule has 2 aromatic carbocycles. The number of halogens is 2. The van der Waals surface area contributed by atoms with Gasteiger partial charge in [-0.2, -0.15) is 0 Å². The molecule has 0 saturated carbocycles. The normalized spacial score (nSPS) is 25.0. The molecule has 218 valence electrons. The van der Waals surface area contributed by atoms with Crippen molar-refractivity contribution < 1.29 is 33.2 Å². The molecule has 2 saturated heterocycles. The van der Waals surface area contributed by atoms with Gasteiger partial charge in [-0.15, -0.1) is 0 Å². The average Bonchev–Trinajstić information content (AvgIpc) is 3.49. The van der Waals surface area contributed by atoms with Gasteiger partial charge in [-0.05, 0) is 49.6 Å². The molecule has 7 rings (SSSR count). The summed E-state index contributed by atoms with van der Waals surface area (Å²) in [5.41, 5.74) is 2.15. The summed E-state index contributed by atoms with van der Waals surface area (Å²) in [7, 11) is 0. The van der Waals surface area contributed by atoms with E-state index in [2.05, 4.69) is 9.97 Å². The van der Waals surface area contributed by atoms with Gasteiger partial charge in [-0.3, -0.25) is 4.98 Å². The molecule has 11 heteroatoms. The van der Waals surface area contributed by atoms with Crippen molar-refractivity contribution in [3.8, 4) is 11.5 Å². The summed E-state index contributed by atoms with van der Waals surface area (Å²) in [4.78, 5) is 20.6. The van der Waals surface area contributed by atoms with Gasteiger partial charge < -0.3 is 28.6 Å². The first-order chi connectivity index (χ1) is 20.3. The number of nitrogens with zero attached hydrogens (tertiary/aromatic N) is 3. The Hall–Kier alpha value is -3.73. The van der Waals surface area contributed by atoms with E-state index in [9.17, 15) is 14.3 Å². The van der Waals surface area contributed by atoms with Crippen molar-refractivity contribution in [1.82, 2.24) is 14.5 Å². The number of benzene rings is 2. The van der Waals surface area contributed by atoms with Gasteiger partial charge in [-0.25, -0.2) is 14.2 Å². The van der Waals surface area contributed by atoms with Crippen molar-refractivity contribution >= 4 is 28.6 Å². The number of imidazole rings is 1. The molecule has 4 atom stereocenters. The van der Waals surface area contributed by atoms with Gasteiger partial charge in [0.2, 0.25) is 0 Å². The number of aromatic carboxylic acids is 1. The third-order valence-electron chi connectivity index (χ3n) is 8.34. The molecule has 0 aliphatic carbocycles. The summed E-state index contributed by atoms with van der Waals surface area (Å²) >= 11 is 6.02. The lowest BCUT2D eigenvalue weighted by atomic mass is 9.90. The minimum atomic E-state index is -1.18. The molecule has 1 N–H and O–H groups in total. The van der Waals surface area contributed by atoms with Crippen LogP contribution >= 0.6 is 11.6 Å². The zero-order valence-corrected chi connectivity index (χ0v) is 23.6. The smallest absolute Gasteiger partial charge is 0.335 e. The van der Waals surface area contributed by atoms with Gasteiger partial charge in [0.25, 0.3) is 5.79 Å². The zero-order valence-electron chi connectivity index (χ0n) is 22.9. The number of rotatable bonds is 7. The maximum atomic E-state index is 14.9. The third kappa shape index (κ3) is 4.87. The number of para-hydroxylation sites is 1. The van der Waals surface area contributed by atoms with E-state index >= 15 is 0 Å². The summed E-state index contributed by atoms with van der Waals surface area (Å²) in [5.74, 6) is -0.797. The number of hydrogen-bond acceptors (Lipinski definition) is 7. The van der Waals surface area contributed by atoms with Crippen LogP contribution in [-0.4, -0.2) is 51.0 Å². The van der Waals surface area contributed by atoms with E-state index in [4.69, 9.17) is 30.5 Å². The Bertz CT molecular complexity index is 1670. The van der Waals surface area contributed by atoms with E-state index in [1.54, 1.807) is 18.3 Å². The van der Waals surface area contributed by atoms with Gasteiger partial charge in [0.05, 0.1) is 41.5 Å². The number of hydrogen-bond donors (Lipinski definition) is 1. The molecule has 4 aromatic rings. The summed E-state index contributed by atoms with van der Waals surface area (Å²) in [6.45, 7) is 3.48. The Morgan fingerprint density at radius 1 is 1.14 bits per heavy atom. The molecule has 42 heavy (non-hydrogen) atoms. The van der Waals surface area contributed by atoms with Crippen molar-refractivity contribution in [1.29, 1.82) is 0 Å². The van der Waals surface area contributed by atoms with Crippen LogP contribution in [-0.2, 0) is 28.2 Å². The fraction of sp³-hybridized carbons (Fsp3) is 0.387. The molecule has 2 fully saturated rings. The van der Waals surface area contributed by atoms with Crippen molar-refractivity contribution in [3.63, 3.8) is 0 Å². The summed E-state index contributed by atoms with van der Waals surface area (Å²) < 4.78 is 41.4. The lowest BCUT2D eigenvalue weighted by molar-refractivity contribution is -0.0726. The van der Waals surface area contributed by atoms with E-state index in [1.165, 1.54) is 6.07 Å². The highest BCUT2D eigenvalue weighted by molar-refractivity contribution is 6.30. The predicted octanol–water partition coefficient (Wildman–Crippen LogP) is 5.86. The third-order valence-corrected chi connectivity index (χ3v) is 8.56. The van der Waals surface area contributed by atoms with Gasteiger partial charge >= 0.3 is 5.97 Å². The quantitative estimate of drug-likeness (QED) is 0.284. The van der Waals surface area contributed by atoms with Crippen molar-refractivity contribution in [3.05, 3.63) is 82.1 Å². The molecule has 3 aliphatic heterocycles. The molecular weight excluding hydrogens is 565 g/mol. The van der Waals surface area contributed by atoms with E-state index in [0.717, 1.165) is 30.9 Å². The maximum Gasteiger partial charge on any atom is 0.335 e. The van der Waals surface area contributed by atoms with Gasteiger partial charge in [0.1, 0.15) is 17.0 Å². The SMILES string of the molecule is CC1(c2ccc(Cl)cn2)Oc2cccc(C3CCC(Cc4nc5c(F)cc(C(=O)O)cc5n4C[C@@H]4CCO4)OC3)c2O1. The molecule has 0 amide bonds. The van der Waals surface area contributed by atoms with Crippen LogP contribution in [0, 0.1) is 5.82 Å². The highest BCUT2D eigenvalue weighted by Gasteiger charge is 2.42. The lowest BCUT2D eigenvalue weighted by Crippen LogP contribution is -2.33. The Balaban J connectivity index is 1.09. The number of carbonyl (C=O) groups is 1. The Kier molecular flexibility index (Phi) is 6.79. The van der Waals surface area contributed by atoms with Crippen molar-refractivity contribution in [2.45, 2.75) is 63.1 Å². The van der Waals surface area contributed by atoms with E-state index < -0.39 is 17.6 Å². The second-order valence-corrected chi connectivity index (χ2v) is 11.6. The molecule has 0 radical (unpaired) electrons. The minimum Gasteiger partial charge on any atom is -0.478 e. The number of ether oxygens (including phenoxy) is 4. The van der Waals surface area contributed by atoms with Crippen LogP contribution in [0.4, 0.5) is 4.39 Å². The first-order valence-electron chi connectivity index (χ1n) is 14.1. The van der Waals surface area contributed by atoms with Crippen LogP contribution < -0.4 is 9.47 Å². The molecule has 9 nitrogen and oxygen atoms in total. The Morgan fingerprint density at radius 3 is 2.69 bits per heavy atom. The fourth-order valence-electron chi connectivity index (χ4n) is 5.98. The predicted molar refractivity (Wildman–Crippen MR) is 151 cm³/mol. The summed E-state index contributed by atoms with van der Waals surface area (Å²) in [6, 6.07) is 11.9. The maximum absolute atomic E-state index is 14.9. The zero-order chi connectivity index (χ0) is 29.0. The molecular formula is C31H29ClFN3O6. The molecule has 3 unspecified atom stereocenters. The molecule has 0 bridgehead atoms. The van der Waals surface area contributed by atoms with Crippen LogP contribution in [0.5, 0.6) is 11.5 Å². The number of fused-ring (bicyclic) bond motifs is 2. The first kappa shape index (κ1) is 27.1. The van der Waals surface area contributed by atoms with Gasteiger partial charge in [0.15, 0.2) is 17.3 Å². The first-order valence-corrected chi connectivity index (χ1v) is 14.4. The molecule has 2 aromatic heterocycles. The van der Waals surface area contributed by atoms with Crippen LogP contribution in [0.2, 0.25) is 5.02 Å². The van der Waals surface area contributed by atoms with Crippen LogP contribution in [0.1, 0.15) is 59.5 Å². The van der Waals surface area contributed by atoms with E-state index in [1.807, 2.05) is 29.7 Å². The standard InChI is InChI=1S/C31H29ClFN3O6/c1-31(26-8-6-19(32)14-34-26)41-25-4-2-3-22(29(25)42-31)17-5-7-20(40-16-17)13-27-35-28-23(33)11-18(30(37)38)12-24(28)36(27)15-21-9-10-39-21/h2-4,6,8,11-12,14,17,20-21H,5,7,9-10,13,15-16H2,1H3,(H,37,38)/t17?,20?,21-,31?/m0/s1. The van der Waals surface area contributed by atoms with Crippen molar-refractivity contribution in [2.24, 2.45) is 0 Å². The van der Waals surface area contributed by atoms with Crippen LogP contribution in [0.15, 0.2) is 48.7 Å². The van der Waals surface area contributed by atoms with E-state index in [0.29, 0.717) is 59.7 Å². The fourth-order valence-corrected chi connectivity index (χ4v) is 6.09. The highest BCUT2D eigenvalue weighted by atomic mass is 35.5. The highest BCUT2D eigenvalue weighted by Crippen LogP contribution is 2.49. The van der Waals surface area contributed by atoms with E-state index in [-0.39, 0.29) is 29.2 Å². The Morgan fingerprint density at radius 2 is 2.00 bits per heavy atom. The van der Waals surface area contributed by atoms with Crippen LogP contribution in [0.3, 0.4) is 0 Å². The number of pyridine rings is 1. The second-order valence-electron chi connectivity index (χ2n) is 11.2. The number of carboxylic acid groups (broad SMARTS) is 1. The summed E-state index contributed by atoms with van der Waals surface area (Å²) in [5, 5.41) is 10.0. The summed E-state index contributed by atoms with van der Waals surface area (Å²) in [6.07, 6.45) is 4.41. The number of carboxylic acids is 1. The average molecular weight is 594 g/mol. The molecule has 3 aliphatic rings. The largest absolute Gasteiger partial charge is 0.478 e. The Labute approximate surface area is 246 Å². The van der Waals surface area contributed by atoms with Gasteiger partial charge in [-0.1, -0.05) is 23.7 Å². The number of aromatic nitrogens is 3. The topological polar surface area (TPSA) is 105 Å². The van der Waals surface area contributed by atoms with Crippen LogP contribution in [0.25, 0.3) is 11.0 Å².